The molecule has 4 nitrogen and oxygen atoms in total. The SMILES string of the molecule is CCC1CCCCN1S(=O)(=O)c1cc(N)ccc1C. The Hall–Kier alpha value is -1.07. The van der Waals surface area contributed by atoms with Crippen molar-refractivity contribution in [1.29, 1.82) is 0 Å². The van der Waals surface area contributed by atoms with Crippen LogP contribution in [0.4, 0.5) is 5.69 Å². The van der Waals surface area contributed by atoms with E-state index in [1.54, 1.807) is 22.5 Å². The van der Waals surface area contributed by atoms with Gasteiger partial charge in [-0.15, -0.1) is 0 Å². The minimum atomic E-state index is -3.42. The lowest BCUT2D eigenvalue weighted by Crippen LogP contribution is -2.43. The van der Waals surface area contributed by atoms with Gasteiger partial charge in [-0.3, -0.25) is 0 Å². The third-order valence-corrected chi connectivity index (χ3v) is 5.94. The molecule has 0 amide bonds. The summed E-state index contributed by atoms with van der Waals surface area (Å²) in [5, 5.41) is 0. The Labute approximate surface area is 115 Å². The molecule has 1 aromatic carbocycles. The van der Waals surface area contributed by atoms with Crippen LogP contribution in [0.5, 0.6) is 0 Å². The van der Waals surface area contributed by atoms with E-state index >= 15 is 0 Å². The highest BCUT2D eigenvalue weighted by Crippen LogP contribution is 2.29. The fourth-order valence-electron chi connectivity index (χ4n) is 2.72. The van der Waals surface area contributed by atoms with Crippen molar-refractivity contribution in [2.75, 3.05) is 12.3 Å². The molecule has 1 fully saturated rings. The van der Waals surface area contributed by atoms with Crippen LogP contribution in [-0.4, -0.2) is 25.3 Å². The summed E-state index contributed by atoms with van der Waals surface area (Å²) in [6.45, 7) is 4.48. The summed E-state index contributed by atoms with van der Waals surface area (Å²) in [5.74, 6) is 0. The molecule has 1 unspecified atom stereocenters. The number of nitrogen functional groups attached to an aromatic ring is 1. The minimum Gasteiger partial charge on any atom is -0.399 e. The molecule has 5 heteroatoms. The van der Waals surface area contributed by atoms with E-state index in [9.17, 15) is 8.42 Å². The van der Waals surface area contributed by atoms with Gasteiger partial charge in [0.25, 0.3) is 0 Å². The van der Waals surface area contributed by atoms with Gasteiger partial charge in [0.1, 0.15) is 0 Å². The summed E-state index contributed by atoms with van der Waals surface area (Å²) in [6, 6.07) is 5.21. The fraction of sp³-hybridized carbons (Fsp3) is 0.571. The van der Waals surface area contributed by atoms with E-state index < -0.39 is 10.0 Å². The van der Waals surface area contributed by atoms with Crippen LogP contribution in [0.15, 0.2) is 23.1 Å². The summed E-state index contributed by atoms with van der Waals surface area (Å²) in [6.07, 6.45) is 3.87. The summed E-state index contributed by atoms with van der Waals surface area (Å²) in [5.41, 5.74) is 6.99. The molecule has 2 N–H and O–H groups in total. The second-order valence-corrected chi connectivity index (χ2v) is 7.06. The van der Waals surface area contributed by atoms with Gasteiger partial charge in [-0.25, -0.2) is 8.42 Å². The molecule has 1 saturated heterocycles. The summed E-state index contributed by atoms with van der Waals surface area (Å²) in [4.78, 5) is 0.354. The smallest absolute Gasteiger partial charge is 0.243 e. The number of sulfonamides is 1. The van der Waals surface area contributed by atoms with Gasteiger partial charge >= 0.3 is 0 Å². The lowest BCUT2D eigenvalue weighted by atomic mass is 10.0. The minimum absolute atomic E-state index is 0.125. The molecule has 1 aliphatic rings. The number of anilines is 1. The van der Waals surface area contributed by atoms with E-state index in [1.165, 1.54) is 0 Å². The van der Waals surface area contributed by atoms with Crippen molar-refractivity contribution < 1.29 is 8.42 Å². The molecule has 1 aromatic rings. The van der Waals surface area contributed by atoms with Crippen LogP contribution >= 0.6 is 0 Å². The molecule has 1 aliphatic heterocycles. The Kier molecular flexibility index (Phi) is 4.16. The Morgan fingerprint density at radius 3 is 2.79 bits per heavy atom. The van der Waals surface area contributed by atoms with Crippen LogP contribution in [0.3, 0.4) is 0 Å². The Balaban J connectivity index is 2.43. The molecule has 0 radical (unpaired) electrons. The molecule has 0 bridgehead atoms. The molecule has 0 saturated carbocycles. The van der Waals surface area contributed by atoms with Crippen LogP contribution in [0, 0.1) is 6.92 Å². The molecule has 19 heavy (non-hydrogen) atoms. The lowest BCUT2D eigenvalue weighted by Gasteiger charge is -2.34. The quantitative estimate of drug-likeness (QED) is 0.866. The van der Waals surface area contributed by atoms with E-state index in [1.807, 2.05) is 13.8 Å². The maximum Gasteiger partial charge on any atom is 0.243 e. The number of benzene rings is 1. The molecule has 0 spiro atoms. The summed E-state index contributed by atoms with van der Waals surface area (Å²) in [7, 11) is -3.42. The van der Waals surface area contributed by atoms with Gasteiger partial charge in [0.15, 0.2) is 0 Å². The fourth-order valence-corrected chi connectivity index (χ4v) is 4.75. The van der Waals surface area contributed by atoms with Crippen LogP contribution < -0.4 is 5.73 Å². The van der Waals surface area contributed by atoms with E-state index in [4.69, 9.17) is 5.73 Å². The molecule has 2 rings (SSSR count). The maximum atomic E-state index is 12.8. The standard InChI is InChI=1S/C14H22N2O2S/c1-3-13-6-4-5-9-16(13)19(17,18)14-10-12(15)8-7-11(14)2/h7-8,10,13H,3-6,9,15H2,1-2H3. The highest BCUT2D eigenvalue weighted by molar-refractivity contribution is 7.89. The van der Waals surface area contributed by atoms with E-state index in [0.717, 1.165) is 31.2 Å². The van der Waals surface area contributed by atoms with Gasteiger partial charge in [0.05, 0.1) is 4.90 Å². The van der Waals surface area contributed by atoms with Crippen LogP contribution in [0.1, 0.15) is 38.2 Å². The van der Waals surface area contributed by atoms with Crippen molar-refractivity contribution in [3.8, 4) is 0 Å². The molecule has 0 aromatic heterocycles. The van der Waals surface area contributed by atoms with E-state index in [0.29, 0.717) is 17.1 Å². The normalized spacial score (nSPS) is 21.5. The van der Waals surface area contributed by atoms with Gasteiger partial charge in [-0.05, 0) is 43.9 Å². The molecule has 106 valence electrons. The van der Waals surface area contributed by atoms with E-state index in [-0.39, 0.29) is 6.04 Å². The number of rotatable bonds is 3. The lowest BCUT2D eigenvalue weighted by molar-refractivity contribution is 0.246. The zero-order valence-electron chi connectivity index (χ0n) is 11.6. The number of piperidine rings is 1. The van der Waals surface area contributed by atoms with Crippen LogP contribution in [-0.2, 0) is 10.0 Å². The van der Waals surface area contributed by atoms with Crippen molar-refractivity contribution in [1.82, 2.24) is 4.31 Å². The maximum absolute atomic E-state index is 12.8. The zero-order valence-corrected chi connectivity index (χ0v) is 12.4. The summed E-state index contributed by atoms with van der Waals surface area (Å²) < 4.78 is 27.3. The third-order valence-electron chi connectivity index (χ3n) is 3.84. The van der Waals surface area contributed by atoms with Crippen molar-refractivity contribution in [2.45, 2.75) is 50.5 Å². The Bertz CT molecular complexity index is 555. The van der Waals surface area contributed by atoms with Crippen molar-refractivity contribution in [2.24, 2.45) is 0 Å². The number of hydrogen-bond acceptors (Lipinski definition) is 3. The molecule has 0 aliphatic carbocycles. The predicted octanol–water partition coefficient (Wildman–Crippen LogP) is 2.53. The number of nitrogens with two attached hydrogens (primary N) is 1. The second-order valence-electron chi connectivity index (χ2n) is 5.20. The number of hydrogen-bond donors (Lipinski definition) is 1. The average Bonchev–Trinajstić information content (AvgIpc) is 2.41. The summed E-state index contributed by atoms with van der Waals surface area (Å²) >= 11 is 0. The largest absolute Gasteiger partial charge is 0.399 e. The van der Waals surface area contributed by atoms with E-state index in [2.05, 4.69) is 0 Å². The number of nitrogens with zero attached hydrogens (tertiary/aromatic N) is 1. The molecular weight excluding hydrogens is 260 g/mol. The first-order chi connectivity index (χ1) is 8.96. The molecule has 1 heterocycles. The number of aryl methyl sites for hydroxylation is 1. The third kappa shape index (κ3) is 2.77. The van der Waals surface area contributed by atoms with Gasteiger partial charge in [0.2, 0.25) is 10.0 Å². The molecule has 1 atom stereocenters. The second kappa shape index (κ2) is 5.51. The first kappa shape index (κ1) is 14.3. The predicted molar refractivity (Wildman–Crippen MR) is 77.4 cm³/mol. The highest BCUT2D eigenvalue weighted by atomic mass is 32.2. The first-order valence-electron chi connectivity index (χ1n) is 6.84. The van der Waals surface area contributed by atoms with Crippen molar-refractivity contribution in [3.63, 3.8) is 0 Å². The van der Waals surface area contributed by atoms with Gasteiger partial charge in [-0.1, -0.05) is 19.4 Å². The van der Waals surface area contributed by atoms with Crippen molar-refractivity contribution in [3.05, 3.63) is 23.8 Å². The zero-order chi connectivity index (χ0) is 14.0. The van der Waals surface area contributed by atoms with Gasteiger partial charge in [0, 0.05) is 18.3 Å². The topological polar surface area (TPSA) is 63.4 Å². The van der Waals surface area contributed by atoms with Crippen molar-refractivity contribution >= 4 is 15.7 Å². The highest BCUT2D eigenvalue weighted by Gasteiger charge is 2.33. The first-order valence-corrected chi connectivity index (χ1v) is 8.28. The average molecular weight is 282 g/mol. The monoisotopic (exact) mass is 282 g/mol. The van der Waals surface area contributed by atoms with Gasteiger partial charge < -0.3 is 5.73 Å². The Morgan fingerprint density at radius 2 is 2.11 bits per heavy atom. The van der Waals surface area contributed by atoms with Crippen LogP contribution in [0.2, 0.25) is 0 Å². The molecular formula is C14H22N2O2S. The van der Waals surface area contributed by atoms with Gasteiger partial charge in [-0.2, -0.15) is 4.31 Å². The van der Waals surface area contributed by atoms with Crippen LogP contribution in [0.25, 0.3) is 0 Å². The Morgan fingerprint density at radius 1 is 1.37 bits per heavy atom.